The molecule has 0 radical (unpaired) electrons. The lowest BCUT2D eigenvalue weighted by molar-refractivity contribution is -0.117. The van der Waals surface area contributed by atoms with Gasteiger partial charge in [-0.2, -0.15) is 0 Å². The highest BCUT2D eigenvalue weighted by atomic mass is 19.1. The van der Waals surface area contributed by atoms with E-state index in [1.54, 1.807) is 12.4 Å². The summed E-state index contributed by atoms with van der Waals surface area (Å²) in [4.78, 5) is 16.7. The first kappa shape index (κ1) is 16.8. The Morgan fingerprint density at radius 2 is 1.72 bits per heavy atom. The van der Waals surface area contributed by atoms with E-state index >= 15 is 0 Å². The number of nitrogens with zero attached hydrogens (tertiary/aromatic N) is 1. The molecule has 2 aromatic carbocycles. The Hall–Kier alpha value is -3.08. The number of halogens is 2. The molecule has 0 saturated heterocycles. The van der Waals surface area contributed by atoms with Crippen LogP contribution >= 0.6 is 0 Å². The van der Waals surface area contributed by atoms with Crippen molar-refractivity contribution in [3.63, 3.8) is 0 Å². The van der Waals surface area contributed by atoms with Gasteiger partial charge in [0.15, 0.2) is 0 Å². The Kier molecular flexibility index (Phi) is 5.14. The Labute approximate surface area is 144 Å². The van der Waals surface area contributed by atoms with Crippen molar-refractivity contribution in [2.45, 2.75) is 12.3 Å². The van der Waals surface area contributed by atoms with Crippen LogP contribution in [0.5, 0.6) is 0 Å². The smallest absolute Gasteiger partial charge is 0.232 e. The third kappa shape index (κ3) is 4.26. The lowest BCUT2D eigenvalue weighted by Gasteiger charge is -2.18. The van der Waals surface area contributed by atoms with E-state index in [-0.39, 0.29) is 11.6 Å². The number of pyridine rings is 1. The van der Waals surface area contributed by atoms with E-state index < -0.39 is 17.6 Å². The lowest BCUT2D eigenvalue weighted by atomic mass is 9.91. The monoisotopic (exact) mass is 338 g/mol. The summed E-state index contributed by atoms with van der Waals surface area (Å²) in [6.45, 7) is 0. The zero-order valence-electron chi connectivity index (χ0n) is 13.3. The third-order valence-corrected chi connectivity index (χ3v) is 3.90. The summed E-state index contributed by atoms with van der Waals surface area (Å²) in [5, 5.41) is 2.56. The van der Waals surface area contributed by atoms with Gasteiger partial charge in [-0.1, -0.05) is 30.3 Å². The molecular weight excluding hydrogens is 322 g/mol. The molecule has 25 heavy (non-hydrogen) atoms. The summed E-state index contributed by atoms with van der Waals surface area (Å²) in [6.07, 6.45) is 3.77. The van der Waals surface area contributed by atoms with Crippen molar-refractivity contribution >= 4 is 11.6 Å². The third-order valence-electron chi connectivity index (χ3n) is 3.90. The van der Waals surface area contributed by atoms with Crippen molar-refractivity contribution in [3.05, 3.63) is 95.8 Å². The number of benzene rings is 2. The highest BCUT2D eigenvalue weighted by Gasteiger charge is 2.22. The van der Waals surface area contributed by atoms with Crippen LogP contribution in [0.1, 0.15) is 17.0 Å². The number of hydrogen-bond donors (Lipinski definition) is 1. The highest BCUT2D eigenvalue weighted by molar-refractivity contribution is 5.96. The summed E-state index contributed by atoms with van der Waals surface area (Å²) in [5.41, 5.74) is 1.72. The van der Waals surface area contributed by atoms with Gasteiger partial charge in [0.25, 0.3) is 0 Å². The topological polar surface area (TPSA) is 42.0 Å². The molecular formula is C20H16F2N2O. The normalized spacial score (nSPS) is 11.8. The molecule has 1 N–H and O–H groups in total. The van der Waals surface area contributed by atoms with Gasteiger partial charge in [0.05, 0.1) is 11.6 Å². The van der Waals surface area contributed by atoms with Gasteiger partial charge in [0, 0.05) is 18.5 Å². The van der Waals surface area contributed by atoms with Crippen LogP contribution in [0.3, 0.4) is 0 Å². The van der Waals surface area contributed by atoms with Crippen molar-refractivity contribution in [2.75, 3.05) is 5.32 Å². The molecule has 1 unspecified atom stereocenters. The minimum absolute atomic E-state index is 0.0398. The van der Waals surface area contributed by atoms with Crippen molar-refractivity contribution in [2.24, 2.45) is 0 Å². The maximum atomic E-state index is 13.8. The molecule has 126 valence electrons. The van der Waals surface area contributed by atoms with Gasteiger partial charge in [-0.3, -0.25) is 9.78 Å². The molecule has 1 aromatic heterocycles. The molecule has 5 heteroatoms. The second-order valence-electron chi connectivity index (χ2n) is 5.64. The van der Waals surface area contributed by atoms with Gasteiger partial charge in [0.2, 0.25) is 5.91 Å². The minimum atomic E-state index is -0.802. The fourth-order valence-electron chi connectivity index (χ4n) is 2.61. The summed E-state index contributed by atoms with van der Waals surface area (Å²) < 4.78 is 26.9. The van der Waals surface area contributed by atoms with E-state index in [0.717, 1.165) is 23.3 Å². The second kappa shape index (κ2) is 7.66. The fraction of sp³-hybridized carbons (Fsp3) is 0.100. The number of nitrogens with one attached hydrogen (secondary N) is 1. The summed E-state index contributed by atoms with van der Waals surface area (Å²) in [5.74, 6) is -2.35. The number of rotatable bonds is 5. The molecule has 1 heterocycles. The fourth-order valence-corrected chi connectivity index (χ4v) is 2.61. The van der Waals surface area contributed by atoms with E-state index in [9.17, 15) is 13.6 Å². The van der Waals surface area contributed by atoms with Crippen molar-refractivity contribution in [1.82, 2.24) is 4.98 Å². The number of aromatic nitrogens is 1. The van der Waals surface area contributed by atoms with Gasteiger partial charge in [-0.25, -0.2) is 8.78 Å². The maximum absolute atomic E-state index is 13.8. The van der Waals surface area contributed by atoms with Crippen LogP contribution in [0, 0.1) is 11.6 Å². The van der Waals surface area contributed by atoms with E-state index in [0.29, 0.717) is 6.42 Å². The predicted molar refractivity (Wildman–Crippen MR) is 92.1 cm³/mol. The van der Waals surface area contributed by atoms with Crippen molar-refractivity contribution in [1.29, 1.82) is 0 Å². The van der Waals surface area contributed by atoms with Crippen LogP contribution in [0.15, 0.2) is 73.1 Å². The molecule has 1 atom stereocenters. The molecule has 3 nitrogen and oxygen atoms in total. The van der Waals surface area contributed by atoms with E-state index in [1.807, 2.05) is 42.5 Å². The first-order valence-corrected chi connectivity index (χ1v) is 7.83. The Balaban J connectivity index is 1.87. The number of anilines is 1. The van der Waals surface area contributed by atoms with Crippen molar-refractivity contribution in [3.8, 4) is 0 Å². The van der Waals surface area contributed by atoms with Gasteiger partial charge in [-0.05, 0) is 41.8 Å². The van der Waals surface area contributed by atoms with Gasteiger partial charge in [-0.15, -0.1) is 0 Å². The molecule has 0 bridgehead atoms. The van der Waals surface area contributed by atoms with Gasteiger partial charge >= 0.3 is 0 Å². The molecule has 0 saturated carbocycles. The van der Waals surface area contributed by atoms with Crippen LogP contribution in [0.2, 0.25) is 0 Å². The lowest BCUT2D eigenvalue weighted by Crippen LogP contribution is -2.23. The summed E-state index contributed by atoms with van der Waals surface area (Å²) in [7, 11) is 0. The Morgan fingerprint density at radius 1 is 1.00 bits per heavy atom. The molecule has 0 fully saturated rings. The molecule has 1 amide bonds. The maximum Gasteiger partial charge on any atom is 0.232 e. The minimum Gasteiger partial charge on any atom is -0.323 e. The quantitative estimate of drug-likeness (QED) is 0.752. The predicted octanol–water partition coefficient (Wildman–Crippen LogP) is 4.32. The van der Waals surface area contributed by atoms with E-state index in [1.165, 1.54) is 6.07 Å². The Morgan fingerprint density at radius 3 is 2.40 bits per heavy atom. The summed E-state index contributed by atoms with van der Waals surface area (Å²) >= 11 is 0. The Bertz CT molecular complexity index is 854. The zero-order chi connectivity index (χ0) is 17.6. The number of hydrogen-bond acceptors (Lipinski definition) is 2. The highest BCUT2D eigenvalue weighted by Crippen LogP contribution is 2.24. The molecule has 3 rings (SSSR count). The molecule has 0 aliphatic rings. The average molecular weight is 338 g/mol. The number of carbonyl (C=O) groups excluding carboxylic acids is 1. The summed E-state index contributed by atoms with van der Waals surface area (Å²) in [6, 6.07) is 16.0. The standard InChI is InChI=1S/C20H16F2N2O/c21-16-6-7-19(18(22)13-16)24-20(25)17(15-4-2-1-3-5-15)12-14-8-10-23-11-9-14/h1-11,13,17H,12H2,(H,24,25). The second-order valence-corrected chi connectivity index (χ2v) is 5.64. The van der Waals surface area contributed by atoms with Crippen LogP contribution in [0.25, 0.3) is 0 Å². The van der Waals surface area contributed by atoms with Crippen LogP contribution in [0.4, 0.5) is 14.5 Å². The number of amides is 1. The molecule has 3 aromatic rings. The van der Waals surface area contributed by atoms with E-state index in [2.05, 4.69) is 10.3 Å². The molecule has 0 aliphatic carbocycles. The first-order chi connectivity index (χ1) is 12.1. The average Bonchev–Trinajstić information content (AvgIpc) is 2.63. The first-order valence-electron chi connectivity index (χ1n) is 7.83. The SMILES string of the molecule is O=C(Nc1ccc(F)cc1F)C(Cc1ccncc1)c1ccccc1. The van der Waals surface area contributed by atoms with E-state index in [4.69, 9.17) is 0 Å². The van der Waals surface area contributed by atoms with Crippen LogP contribution < -0.4 is 5.32 Å². The largest absolute Gasteiger partial charge is 0.323 e. The van der Waals surface area contributed by atoms with Crippen LogP contribution in [-0.2, 0) is 11.2 Å². The number of carbonyl (C=O) groups is 1. The zero-order valence-corrected chi connectivity index (χ0v) is 13.3. The van der Waals surface area contributed by atoms with Gasteiger partial charge < -0.3 is 5.32 Å². The van der Waals surface area contributed by atoms with Gasteiger partial charge in [0.1, 0.15) is 11.6 Å². The molecule has 0 aliphatic heterocycles. The van der Waals surface area contributed by atoms with Crippen LogP contribution in [-0.4, -0.2) is 10.9 Å². The molecule has 0 spiro atoms. The van der Waals surface area contributed by atoms with Crippen molar-refractivity contribution < 1.29 is 13.6 Å².